The molecule has 0 radical (unpaired) electrons. The third-order valence-electron chi connectivity index (χ3n) is 4.93. The van der Waals surface area contributed by atoms with E-state index >= 15 is 0 Å². The lowest BCUT2D eigenvalue weighted by Crippen LogP contribution is -2.45. The second-order valence-corrected chi connectivity index (χ2v) is 6.76. The Morgan fingerprint density at radius 2 is 2.14 bits per heavy atom. The molecule has 3 aromatic rings. The SMILES string of the molecule is CN1CCCC(Nc2nnc(-c3ccc(C#N)cc3O)c3ccncc23)C1=O. The Labute approximate surface area is 161 Å². The number of likely N-dealkylation sites (tertiary alicyclic amines) is 1. The van der Waals surface area contributed by atoms with Crippen LogP contribution in [0, 0.1) is 11.3 Å². The summed E-state index contributed by atoms with van der Waals surface area (Å²) in [7, 11) is 1.79. The number of aromatic nitrogens is 3. The molecular formula is C20H18N6O2. The summed E-state index contributed by atoms with van der Waals surface area (Å²) in [5, 5.41) is 32.5. The number of carbonyl (C=O) groups is 1. The highest BCUT2D eigenvalue weighted by atomic mass is 16.3. The second-order valence-electron chi connectivity index (χ2n) is 6.76. The molecule has 8 heteroatoms. The van der Waals surface area contributed by atoms with E-state index in [1.807, 2.05) is 6.07 Å². The Bertz CT molecular complexity index is 1110. The monoisotopic (exact) mass is 374 g/mol. The van der Waals surface area contributed by atoms with Crippen LogP contribution in [0.15, 0.2) is 36.7 Å². The Morgan fingerprint density at radius 3 is 2.93 bits per heavy atom. The number of phenolic OH excluding ortho intramolecular Hbond substituents is 1. The van der Waals surface area contributed by atoms with Crippen molar-refractivity contribution in [3.63, 3.8) is 0 Å². The molecule has 3 heterocycles. The zero-order chi connectivity index (χ0) is 19.7. The van der Waals surface area contributed by atoms with E-state index in [0.29, 0.717) is 28.0 Å². The molecule has 1 fully saturated rings. The van der Waals surface area contributed by atoms with Crippen LogP contribution in [0.2, 0.25) is 0 Å². The molecule has 1 saturated heterocycles. The molecule has 28 heavy (non-hydrogen) atoms. The van der Waals surface area contributed by atoms with Crippen LogP contribution in [0.4, 0.5) is 5.82 Å². The molecule has 140 valence electrons. The summed E-state index contributed by atoms with van der Waals surface area (Å²) in [4.78, 5) is 18.3. The van der Waals surface area contributed by atoms with Gasteiger partial charge in [0, 0.05) is 42.3 Å². The van der Waals surface area contributed by atoms with Crippen LogP contribution in [-0.2, 0) is 4.79 Å². The van der Waals surface area contributed by atoms with Gasteiger partial charge in [-0.15, -0.1) is 10.2 Å². The molecule has 2 N–H and O–H groups in total. The molecule has 1 amide bonds. The summed E-state index contributed by atoms with van der Waals surface area (Å²) in [5.41, 5.74) is 1.32. The van der Waals surface area contributed by atoms with Gasteiger partial charge in [-0.3, -0.25) is 9.78 Å². The number of hydrogen-bond donors (Lipinski definition) is 2. The predicted octanol–water partition coefficient (Wildman–Crippen LogP) is 2.30. The maximum absolute atomic E-state index is 12.4. The molecule has 1 aliphatic rings. The number of likely N-dealkylation sites (N-methyl/N-ethyl adjacent to an activating group) is 1. The lowest BCUT2D eigenvalue weighted by molar-refractivity contribution is -0.132. The van der Waals surface area contributed by atoms with Gasteiger partial charge in [0.25, 0.3) is 0 Å². The smallest absolute Gasteiger partial charge is 0.244 e. The van der Waals surface area contributed by atoms with E-state index in [0.717, 1.165) is 24.8 Å². The number of aromatic hydroxyl groups is 1. The number of benzene rings is 1. The van der Waals surface area contributed by atoms with Gasteiger partial charge in [-0.2, -0.15) is 5.26 Å². The van der Waals surface area contributed by atoms with Gasteiger partial charge in [0.05, 0.1) is 11.6 Å². The molecule has 0 saturated carbocycles. The molecule has 4 rings (SSSR count). The molecule has 0 spiro atoms. The van der Waals surface area contributed by atoms with Crippen LogP contribution in [-0.4, -0.2) is 50.7 Å². The fourth-order valence-corrected chi connectivity index (χ4v) is 3.44. The second kappa shape index (κ2) is 7.12. The molecule has 1 unspecified atom stereocenters. The van der Waals surface area contributed by atoms with Gasteiger partial charge in [0.1, 0.15) is 17.5 Å². The van der Waals surface area contributed by atoms with Crippen LogP contribution in [0.5, 0.6) is 5.75 Å². The van der Waals surface area contributed by atoms with Gasteiger partial charge in [-0.1, -0.05) is 0 Å². The van der Waals surface area contributed by atoms with Crippen molar-refractivity contribution >= 4 is 22.5 Å². The average molecular weight is 374 g/mol. The van der Waals surface area contributed by atoms with E-state index in [-0.39, 0.29) is 17.7 Å². The van der Waals surface area contributed by atoms with E-state index in [9.17, 15) is 9.90 Å². The first-order valence-corrected chi connectivity index (χ1v) is 8.94. The van der Waals surface area contributed by atoms with Gasteiger partial charge in [-0.25, -0.2) is 0 Å². The van der Waals surface area contributed by atoms with Crippen molar-refractivity contribution < 1.29 is 9.90 Å². The van der Waals surface area contributed by atoms with E-state index < -0.39 is 0 Å². The van der Waals surface area contributed by atoms with Gasteiger partial charge < -0.3 is 15.3 Å². The molecule has 0 bridgehead atoms. The van der Waals surface area contributed by atoms with E-state index in [1.165, 1.54) is 6.07 Å². The van der Waals surface area contributed by atoms with Crippen LogP contribution in [0.1, 0.15) is 18.4 Å². The zero-order valence-electron chi connectivity index (χ0n) is 15.3. The highest BCUT2D eigenvalue weighted by molar-refractivity contribution is 6.01. The number of piperidine rings is 1. The number of nitriles is 1. The molecule has 1 atom stereocenters. The van der Waals surface area contributed by atoms with Gasteiger partial charge in [0.15, 0.2) is 5.82 Å². The zero-order valence-corrected chi connectivity index (χ0v) is 15.3. The van der Waals surface area contributed by atoms with Gasteiger partial charge >= 0.3 is 0 Å². The summed E-state index contributed by atoms with van der Waals surface area (Å²) < 4.78 is 0. The largest absolute Gasteiger partial charge is 0.507 e. The number of fused-ring (bicyclic) bond motifs is 1. The summed E-state index contributed by atoms with van der Waals surface area (Å²) >= 11 is 0. The maximum Gasteiger partial charge on any atom is 0.244 e. The highest BCUT2D eigenvalue weighted by Gasteiger charge is 2.27. The highest BCUT2D eigenvalue weighted by Crippen LogP contribution is 2.35. The van der Waals surface area contributed by atoms with Crippen molar-refractivity contribution in [3.8, 4) is 23.1 Å². The van der Waals surface area contributed by atoms with E-state index in [1.54, 1.807) is 42.5 Å². The molecular weight excluding hydrogens is 356 g/mol. The Hall–Kier alpha value is -3.73. The number of carbonyl (C=O) groups excluding carboxylic acids is 1. The minimum absolute atomic E-state index is 0.0268. The van der Waals surface area contributed by atoms with Crippen molar-refractivity contribution in [2.45, 2.75) is 18.9 Å². The minimum atomic E-state index is -0.356. The summed E-state index contributed by atoms with van der Waals surface area (Å²) in [6.07, 6.45) is 4.94. The average Bonchev–Trinajstić information content (AvgIpc) is 2.72. The van der Waals surface area contributed by atoms with Gasteiger partial charge in [-0.05, 0) is 37.1 Å². The first-order valence-electron chi connectivity index (χ1n) is 8.94. The Kier molecular flexibility index (Phi) is 4.49. The number of nitrogens with zero attached hydrogens (tertiary/aromatic N) is 5. The minimum Gasteiger partial charge on any atom is -0.507 e. The summed E-state index contributed by atoms with van der Waals surface area (Å²) in [6.45, 7) is 0.752. The van der Waals surface area contributed by atoms with E-state index in [2.05, 4.69) is 20.5 Å². The Morgan fingerprint density at radius 1 is 1.29 bits per heavy atom. The number of amides is 1. The summed E-state index contributed by atoms with van der Waals surface area (Å²) in [5.74, 6) is 0.462. The first-order chi connectivity index (χ1) is 13.6. The van der Waals surface area contributed by atoms with Crippen molar-refractivity contribution in [1.29, 1.82) is 5.26 Å². The fraction of sp³-hybridized carbons (Fsp3) is 0.250. The molecule has 0 aliphatic carbocycles. The number of rotatable bonds is 3. The third kappa shape index (κ3) is 3.07. The predicted molar refractivity (Wildman–Crippen MR) is 103 cm³/mol. The standard InChI is InChI=1S/C20H18N6O2/c1-26-8-2-3-16(20(26)28)23-19-15-11-22-7-6-13(15)18(24-25-19)14-5-4-12(10-21)9-17(14)27/h4-7,9,11,16,27H,2-3,8H2,1H3,(H,23,25). The van der Waals surface area contributed by atoms with Crippen molar-refractivity contribution in [2.75, 3.05) is 18.9 Å². The van der Waals surface area contributed by atoms with E-state index in [4.69, 9.17) is 5.26 Å². The number of pyridine rings is 1. The quantitative estimate of drug-likeness (QED) is 0.723. The maximum atomic E-state index is 12.4. The molecule has 1 aromatic carbocycles. The van der Waals surface area contributed by atoms with Crippen molar-refractivity contribution in [3.05, 3.63) is 42.2 Å². The lowest BCUT2D eigenvalue weighted by Gasteiger charge is -2.30. The third-order valence-corrected chi connectivity index (χ3v) is 4.93. The van der Waals surface area contributed by atoms with Gasteiger partial charge in [0.2, 0.25) is 5.91 Å². The number of phenols is 1. The topological polar surface area (TPSA) is 115 Å². The van der Waals surface area contributed by atoms with Crippen LogP contribution in [0.25, 0.3) is 22.0 Å². The molecule has 2 aromatic heterocycles. The normalized spacial score (nSPS) is 16.8. The summed E-state index contributed by atoms with van der Waals surface area (Å²) in [6, 6.07) is 8.08. The van der Waals surface area contributed by atoms with Crippen LogP contribution < -0.4 is 5.32 Å². The van der Waals surface area contributed by atoms with Crippen molar-refractivity contribution in [1.82, 2.24) is 20.1 Å². The first kappa shape index (κ1) is 17.7. The molecule has 1 aliphatic heterocycles. The van der Waals surface area contributed by atoms with Crippen LogP contribution in [0.3, 0.4) is 0 Å². The number of hydrogen-bond acceptors (Lipinski definition) is 7. The van der Waals surface area contributed by atoms with Crippen molar-refractivity contribution in [2.24, 2.45) is 0 Å². The fourth-order valence-electron chi connectivity index (χ4n) is 3.44. The molecule has 8 nitrogen and oxygen atoms in total. The Balaban J connectivity index is 1.77. The number of anilines is 1. The number of nitrogens with one attached hydrogen (secondary N) is 1. The lowest BCUT2D eigenvalue weighted by atomic mass is 10.0. The van der Waals surface area contributed by atoms with Crippen LogP contribution >= 0.6 is 0 Å².